The zero-order valence-electron chi connectivity index (χ0n) is 10.5. The molecule has 0 spiro atoms. The maximum atomic E-state index is 11.4. The average Bonchev–Trinajstić information content (AvgIpc) is 2.44. The molecule has 2 N–H and O–H groups in total. The van der Waals surface area contributed by atoms with E-state index in [0.29, 0.717) is 5.69 Å². The molecule has 0 unspecified atom stereocenters. The highest BCUT2D eigenvalue weighted by Gasteiger charge is 2.17. The fourth-order valence-electron chi connectivity index (χ4n) is 1.11. The van der Waals surface area contributed by atoms with E-state index in [1.807, 2.05) is 0 Å². The Labute approximate surface area is 109 Å². The van der Waals surface area contributed by atoms with E-state index in [0.717, 1.165) is 7.11 Å². The first-order chi connectivity index (χ1) is 9.04. The van der Waals surface area contributed by atoms with Gasteiger partial charge in [0, 0.05) is 5.69 Å². The number of Topliss-reactive ketones (excluding diaryl/α,β-unsaturated/α-hetero) is 1. The number of amides is 2. The van der Waals surface area contributed by atoms with E-state index in [4.69, 9.17) is 0 Å². The number of anilines is 1. The first kappa shape index (κ1) is 14.4. The Morgan fingerprint density at radius 3 is 2.37 bits per heavy atom. The van der Waals surface area contributed by atoms with Gasteiger partial charge in [0.05, 0.1) is 7.11 Å². The Morgan fingerprint density at radius 1 is 1.16 bits per heavy atom. The summed E-state index contributed by atoms with van der Waals surface area (Å²) < 4.78 is 4.24. The number of benzene rings is 1. The van der Waals surface area contributed by atoms with E-state index in [1.54, 1.807) is 30.3 Å². The third-order valence-corrected chi connectivity index (χ3v) is 2.06. The number of carbonyl (C=O) groups is 3. The van der Waals surface area contributed by atoms with Gasteiger partial charge in [0.2, 0.25) is 0 Å². The number of hydrogen-bond acceptors (Lipinski definition) is 5. The summed E-state index contributed by atoms with van der Waals surface area (Å²) in [4.78, 5) is 33.6. The van der Waals surface area contributed by atoms with Gasteiger partial charge in [-0.2, -0.15) is 5.10 Å². The van der Waals surface area contributed by atoms with Gasteiger partial charge in [0.1, 0.15) is 5.71 Å². The molecule has 0 heterocycles. The molecule has 0 atom stereocenters. The monoisotopic (exact) mass is 263 g/mol. The molecule has 0 fully saturated rings. The van der Waals surface area contributed by atoms with Gasteiger partial charge in [-0.25, -0.2) is 15.0 Å². The highest BCUT2D eigenvalue weighted by molar-refractivity contribution is 6.63. The highest BCUT2D eigenvalue weighted by atomic mass is 16.5. The summed E-state index contributed by atoms with van der Waals surface area (Å²) in [5, 5.41) is 5.99. The predicted molar refractivity (Wildman–Crippen MR) is 68.7 cm³/mol. The molecule has 0 aliphatic rings. The molecule has 0 aromatic heterocycles. The number of hydrazone groups is 1. The fraction of sp³-hybridized carbons (Fsp3) is 0.167. The second-order valence-corrected chi connectivity index (χ2v) is 3.45. The van der Waals surface area contributed by atoms with Crippen LogP contribution in [0.3, 0.4) is 0 Å². The van der Waals surface area contributed by atoms with Crippen molar-refractivity contribution < 1.29 is 19.1 Å². The van der Waals surface area contributed by atoms with Crippen LogP contribution in [0.25, 0.3) is 0 Å². The van der Waals surface area contributed by atoms with Crippen molar-refractivity contribution >= 4 is 29.2 Å². The lowest BCUT2D eigenvalue weighted by Crippen LogP contribution is -2.29. The third-order valence-electron chi connectivity index (χ3n) is 2.06. The summed E-state index contributed by atoms with van der Waals surface area (Å²) in [6.07, 6.45) is 0. The summed E-state index contributed by atoms with van der Waals surface area (Å²) in [5.41, 5.74) is 2.50. The zero-order valence-corrected chi connectivity index (χ0v) is 10.5. The molecule has 19 heavy (non-hydrogen) atoms. The number of hydrogen-bond donors (Lipinski definition) is 2. The van der Waals surface area contributed by atoms with Crippen molar-refractivity contribution in [2.45, 2.75) is 6.92 Å². The van der Waals surface area contributed by atoms with Crippen LogP contribution in [0.2, 0.25) is 0 Å². The number of nitrogens with zero attached hydrogens (tertiary/aromatic N) is 1. The van der Waals surface area contributed by atoms with E-state index in [-0.39, 0.29) is 5.71 Å². The summed E-state index contributed by atoms with van der Waals surface area (Å²) in [6, 6.07) is 8.07. The van der Waals surface area contributed by atoms with Crippen LogP contribution < -0.4 is 10.7 Å². The number of ketones is 1. The number of urea groups is 1. The molecule has 0 bridgehead atoms. The van der Waals surface area contributed by atoms with Gasteiger partial charge >= 0.3 is 12.0 Å². The van der Waals surface area contributed by atoms with E-state index >= 15 is 0 Å². The van der Waals surface area contributed by atoms with Crippen molar-refractivity contribution in [1.82, 2.24) is 5.43 Å². The normalized spacial score (nSPS) is 10.5. The van der Waals surface area contributed by atoms with Crippen molar-refractivity contribution in [2.24, 2.45) is 5.10 Å². The number of nitrogens with one attached hydrogen (secondary N) is 2. The van der Waals surface area contributed by atoms with Gasteiger partial charge in [-0.3, -0.25) is 4.79 Å². The largest absolute Gasteiger partial charge is 0.463 e. The average molecular weight is 263 g/mol. The molecule has 0 saturated carbocycles. The molecule has 0 radical (unpaired) electrons. The molecule has 7 heteroatoms. The van der Waals surface area contributed by atoms with Crippen molar-refractivity contribution in [3.05, 3.63) is 30.3 Å². The van der Waals surface area contributed by atoms with Crippen LogP contribution in [0.5, 0.6) is 0 Å². The number of rotatable bonds is 4. The minimum atomic E-state index is -1.04. The van der Waals surface area contributed by atoms with E-state index in [2.05, 4.69) is 20.6 Å². The van der Waals surface area contributed by atoms with Crippen molar-refractivity contribution in [3.8, 4) is 0 Å². The molecule has 100 valence electrons. The Bertz CT molecular complexity index is 511. The lowest BCUT2D eigenvalue weighted by atomic mass is 10.3. The van der Waals surface area contributed by atoms with Crippen LogP contribution in [0.15, 0.2) is 35.4 Å². The molecular weight excluding hydrogens is 250 g/mol. The fourth-order valence-corrected chi connectivity index (χ4v) is 1.11. The van der Waals surface area contributed by atoms with Crippen LogP contribution in [0, 0.1) is 0 Å². The molecule has 0 aliphatic heterocycles. The second-order valence-electron chi connectivity index (χ2n) is 3.45. The summed E-state index contributed by atoms with van der Waals surface area (Å²) in [6.45, 7) is 1.29. The van der Waals surface area contributed by atoms with Gasteiger partial charge < -0.3 is 10.1 Å². The minimum Gasteiger partial charge on any atom is -0.463 e. The predicted octanol–water partition coefficient (Wildman–Crippen LogP) is 0.926. The first-order valence-electron chi connectivity index (χ1n) is 5.33. The molecule has 1 rings (SSSR count). The van der Waals surface area contributed by atoms with Gasteiger partial charge in [-0.1, -0.05) is 18.2 Å². The molecule has 2 amide bonds. The quantitative estimate of drug-likeness (QED) is 0.365. The maximum absolute atomic E-state index is 11.4. The van der Waals surface area contributed by atoms with Crippen LogP contribution in [-0.2, 0) is 14.3 Å². The van der Waals surface area contributed by atoms with E-state index in [9.17, 15) is 14.4 Å². The Hall–Kier alpha value is -2.70. The number of ether oxygens (including phenoxy) is 1. The van der Waals surface area contributed by atoms with Gasteiger partial charge in [-0.15, -0.1) is 0 Å². The standard InChI is InChI=1S/C12H13N3O4/c1-8(10(16)11(17)19-2)14-15-12(18)13-9-6-4-3-5-7-9/h3-7H,1-2H3,(H2,13,15,18)/b14-8+. The molecular formula is C12H13N3O4. The van der Waals surface area contributed by atoms with Crippen molar-refractivity contribution in [3.63, 3.8) is 0 Å². The molecule has 1 aromatic rings. The second kappa shape index (κ2) is 6.90. The molecule has 7 nitrogen and oxygen atoms in total. The van der Waals surface area contributed by atoms with E-state index < -0.39 is 17.8 Å². The summed E-state index contributed by atoms with van der Waals surface area (Å²) >= 11 is 0. The topological polar surface area (TPSA) is 96.9 Å². The number of esters is 1. The lowest BCUT2D eigenvalue weighted by Gasteiger charge is -2.04. The van der Waals surface area contributed by atoms with Crippen molar-refractivity contribution in [2.75, 3.05) is 12.4 Å². The van der Waals surface area contributed by atoms with Gasteiger partial charge in [-0.05, 0) is 19.1 Å². The third kappa shape index (κ3) is 4.58. The van der Waals surface area contributed by atoms with Crippen LogP contribution in [0.4, 0.5) is 10.5 Å². The number of carbonyl (C=O) groups excluding carboxylic acids is 3. The van der Waals surface area contributed by atoms with Gasteiger partial charge in [0.15, 0.2) is 0 Å². The lowest BCUT2D eigenvalue weighted by molar-refractivity contribution is -0.148. The maximum Gasteiger partial charge on any atom is 0.380 e. The zero-order chi connectivity index (χ0) is 14.3. The minimum absolute atomic E-state index is 0.171. The Balaban J connectivity index is 2.54. The first-order valence-corrected chi connectivity index (χ1v) is 5.33. The van der Waals surface area contributed by atoms with Crippen LogP contribution in [0.1, 0.15) is 6.92 Å². The number of para-hydroxylation sites is 1. The Morgan fingerprint density at radius 2 is 1.79 bits per heavy atom. The summed E-state index contributed by atoms with van der Waals surface area (Å²) in [7, 11) is 1.09. The highest BCUT2D eigenvalue weighted by Crippen LogP contribution is 2.03. The van der Waals surface area contributed by atoms with Crippen LogP contribution >= 0.6 is 0 Å². The van der Waals surface area contributed by atoms with Gasteiger partial charge in [0.25, 0.3) is 5.78 Å². The van der Waals surface area contributed by atoms with Crippen molar-refractivity contribution in [1.29, 1.82) is 0 Å². The van der Waals surface area contributed by atoms with Crippen LogP contribution in [-0.4, -0.2) is 30.6 Å². The Kier molecular flexibility index (Phi) is 5.21. The summed E-state index contributed by atoms with van der Waals surface area (Å²) in [5.74, 6) is -1.95. The smallest absolute Gasteiger partial charge is 0.380 e. The number of methoxy groups -OCH3 is 1. The molecule has 1 aromatic carbocycles. The SMILES string of the molecule is COC(=O)C(=O)/C(C)=N/NC(=O)Nc1ccccc1. The van der Waals surface area contributed by atoms with E-state index in [1.165, 1.54) is 6.92 Å². The molecule has 0 saturated heterocycles. The molecule has 0 aliphatic carbocycles.